The molecule has 156 valence electrons. The summed E-state index contributed by atoms with van der Waals surface area (Å²) in [6.07, 6.45) is -0.937. The number of nitrogens with one attached hydrogen (secondary N) is 1. The third-order valence-electron chi connectivity index (χ3n) is 4.27. The third-order valence-corrected chi connectivity index (χ3v) is 4.27. The molecule has 1 fully saturated rings. The minimum atomic E-state index is -0.766. The normalized spacial score (nSPS) is 16.1. The summed E-state index contributed by atoms with van der Waals surface area (Å²) in [5.41, 5.74) is -0.0979. The first-order chi connectivity index (χ1) is 12.7. The van der Waals surface area contributed by atoms with Gasteiger partial charge in [0.15, 0.2) is 0 Å². The summed E-state index contributed by atoms with van der Waals surface area (Å²) in [5, 5.41) is 2.98. The Kier molecular flexibility index (Phi) is 5.87. The zero-order valence-corrected chi connectivity index (χ0v) is 18.1. The van der Waals surface area contributed by atoms with Gasteiger partial charge in [-0.25, -0.2) is 9.59 Å². The van der Waals surface area contributed by atoms with Crippen LogP contribution >= 0.6 is 0 Å². The number of nitrogens with zero attached hydrogens (tertiary/aromatic N) is 1. The van der Waals surface area contributed by atoms with E-state index in [9.17, 15) is 9.59 Å². The van der Waals surface area contributed by atoms with Gasteiger partial charge in [-0.3, -0.25) is 0 Å². The van der Waals surface area contributed by atoms with E-state index >= 15 is 0 Å². The Morgan fingerprint density at radius 3 is 2.11 bits per heavy atom. The molecule has 1 aromatic carbocycles. The summed E-state index contributed by atoms with van der Waals surface area (Å²) in [7, 11) is 1.59. The molecule has 28 heavy (non-hydrogen) atoms. The Labute approximate surface area is 167 Å². The minimum absolute atomic E-state index is 0.287. The quantitative estimate of drug-likeness (QED) is 0.842. The maximum atomic E-state index is 12.5. The number of hydrogen-bond acceptors (Lipinski definition) is 5. The first-order valence-corrected chi connectivity index (χ1v) is 9.39. The summed E-state index contributed by atoms with van der Waals surface area (Å²) in [5.74, 6) is 0.682. The van der Waals surface area contributed by atoms with Gasteiger partial charge in [0.1, 0.15) is 22.5 Å². The van der Waals surface area contributed by atoms with Gasteiger partial charge in [0.2, 0.25) is 0 Å². The maximum absolute atomic E-state index is 12.5. The second-order valence-electron chi connectivity index (χ2n) is 9.23. The number of aryl methyl sites for hydroxylation is 1. The molecule has 0 unspecified atom stereocenters. The molecule has 0 atom stereocenters. The van der Waals surface area contributed by atoms with Crippen LogP contribution in [0.25, 0.3) is 0 Å². The molecule has 7 heteroatoms. The van der Waals surface area contributed by atoms with Gasteiger partial charge >= 0.3 is 12.2 Å². The fourth-order valence-corrected chi connectivity index (χ4v) is 3.12. The number of methoxy groups -OCH3 is 1. The number of ether oxygens (including phenoxy) is 3. The van der Waals surface area contributed by atoms with Crippen molar-refractivity contribution in [2.75, 3.05) is 20.2 Å². The Hall–Kier alpha value is -2.44. The van der Waals surface area contributed by atoms with Gasteiger partial charge in [-0.15, -0.1) is 0 Å². The van der Waals surface area contributed by atoms with Crippen molar-refractivity contribution in [3.63, 3.8) is 0 Å². The predicted molar refractivity (Wildman–Crippen MR) is 107 cm³/mol. The summed E-state index contributed by atoms with van der Waals surface area (Å²) in [4.78, 5) is 26.5. The average Bonchev–Trinajstić information content (AvgIpc) is 2.47. The highest BCUT2D eigenvalue weighted by atomic mass is 16.6. The Balaban J connectivity index is 2.29. The lowest BCUT2D eigenvalue weighted by Gasteiger charge is -2.50. The number of rotatable bonds is 3. The molecular formula is C21H32N2O5. The zero-order chi connectivity index (χ0) is 21.3. The average molecular weight is 392 g/mol. The van der Waals surface area contributed by atoms with Crippen LogP contribution in [0.15, 0.2) is 18.2 Å². The van der Waals surface area contributed by atoms with Gasteiger partial charge < -0.3 is 24.4 Å². The number of hydrogen-bond donors (Lipinski definition) is 1. The van der Waals surface area contributed by atoms with E-state index < -0.39 is 28.9 Å². The van der Waals surface area contributed by atoms with Gasteiger partial charge in [0, 0.05) is 0 Å². The molecule has 0 aromatic heterocycles. The Morgan fingerprint density at radius 2 is 1.61 bits per heavy atom. The van der Waals surface area contributed by atoms with Crippen molar-refractivity contribution in [3.05, 3.63) is 29.3 Å². The third kappa shape index (κ3) is 5.30. The van der Waals surface area contributed by atoms with Crippen LogP contribution in [0, 0.1) is 6.92 Å². The first-order valence-electron chi connectivity index (χ1n) is 9.39. The minimum Gasteiger partial charge on any atom is -0.497 e. The number of amides is 2. The number of likely N-dealkylation sites (tertiary alicyclic amines) is 1. The molecule has 1 N–H and O–H groups in total. The Morgan fingerprint density at radius 1 is 1.04 bits per heavy atom. The highest BCUT2D eigenvalue weighted by Gasteiger charge is 2.50. The SMILES string of the molecule is COc1ccc(C)c(C2(NC(=O)OC(C)(C)C)CN(C(=O)OC(C)(C)C)C2)c1. The molecule has 0 aliphatic carbocycles. The first kappa shape index (κ1) is 21.9. The van der Waals surface area contributed by atoms with E-state index in [1.54, 1.807) is 12.0 Å². The van der Waals surface area contributed by atoms with Crippen LogP contribution in [-0.4, -0.2) is 48.5 Å². The van der Waals surface area contributed by atoms with E-state index in [0.717, 1.165) is 11.1 Å². The molecular weight excluding hydrogens is 360 g/mol. The number of carbonyl (C=O) groups is 2. The van der Waals surface area contributed by atoms with Crippen molar-refractivity contribution < 1.29 is 23.8 Å². The lowest BCUT2D eigenvalue weighted by Crippen LogP contribution is -2.69. The van der Waals surface area contributed by atoms with Gasteiger partial charge in [0.25, 0.3) is 0 Å². The van der Waals surface area contributed by atoms with Gasteiger partial charge in [-0.05, 0) is 71.7 Å². The molecule has 2 rings (SSSR count). The van der Waals surface area contributed by atoms with Gasteiger partial charge in [0.05, 0.1) is 20.2 Å². The van der Waals surface area contributed by atoms with Crippen LogP contribution in [0.5, 0.6) is 5.75 Å². The van der Waals surface area contributed by atoms with Gasteiger partial charge in [-0.1, -0.05) is 6.07 Å². The number of carbonyl (C=O) groups excluding carboxylic acids is 2. The largest absolute Gasteiger partial charge is 0.497 e. The van der Waals surface area contributed by atoms with E-state index in [4.69, 9.17) is 14.2 Å². The molecule has 1 saturated heterocycles. The van der Waals surface area contributed by atoms with Crippen molar-refractivity contribution in [2.45, 2.75) is 65.2 Å². The molecule has 2 amide bonds. The van der Waals surface area contributed by atoms with Gasteiger partial charge in [-0.2, -0.15) is 0 Å². The molecule has 1 aromatic rings. The molecule has 7 nitrogen and oxygen atoms in total. The second kappa shape index (κ2) is 7.53. The van der Waals surface area contributed by atoms with Crippen molar-refractivity contribution in [2.24, 2.45) is 0 Å². The van der Waals surface area contributed by atoms with Crippen LogP contribution < -0.4 is 10.1 Å². The Bertz CT molecular complexity index is 740. The van der Waals surface area contributed by atoms with Crippen LogP contribution in [0.2, 0.25) is 0 Å². The summed E-state index contributed by atoms with van der Waals surface area (Å²) >= 11 is 0. The highest BCUT2D eigenvalue weighted by molar-refractivity contribution is 5.74. The summed E-state index contributed by atoms with van der Waals surface area (Å²) in [6, 6.07) is 5.69. The van der Waals surface area contributed by atoms with E-state index in [-0.39, 0.29) is 13.1 Å². The van der Waals surface area contributed by atoms with E-state index in [1.807, 2.05) is 66.7 Å². The molecule has 1 aliphatic rings. The highest BCUT2D eigenvalue weighted by Crippen LogP contribution is 2.37. The molecule has 0 spiro atoms. The number of benzene rings is 1. The molecule has 0 saturated carbocycles. The topological polar surface area (TPSA) is 77.1 Å². The lowest BCUT2D eigenvalue weighted by atomic mass is 9.80. The molecule has 0 radical (unpaired) electrons. The van der Waals surface area contributed by atoms with E-state index in [1.165, 1.54) is 0 Å². The van der Waals surface area contributed by atoms with Crippen LogP contribution in [0.4, 0.5) is 9.59 Å². The van der Waals surface area contributed by atoms with Crippen molar-refractivity contribution in [3.8, 4) is 5.75 Å². The van der Waals surface area contributed by atoms with E-state index in [0.29, 0.717) is 5.75 Å². The second-order valence-corrected chi connectivity index (χ2v) is 9.23. The molecule has 1 heterocycles. The van der Waals surface area contributed by atoms with Crippen LogP contribution in [-0.2, 0) is 15.0 Å². The lowest BCUT2D eigenvalue weighted by molar-refractivity contribution is -0.0231. The fraction of sp³-hybridized carbons (Fsp3) is 0.619. The standard InChI is InChI=1S/C21H32N2O5/c1-14-9-10-15(26-8)11-16(14)21(22-17(24)27-19(2,3)4)12-23(13-21)18(25)28-20(5,6)7/h9-11H,12-13H2,1-8H3,(H,22,24). The van der Waals surface area contributed by atoms with Crippen molar-refractivity contribution in [1.82, 2.24) is 10.2 Å². The smallest absolute Gasteiger partial charge is 0.410 e. The zero-order valence-electron chi connectivity index (χ0n) is 18.1. The summed E-state index contributed by atoms with van der Waals surface area (Å²) < 4.78 is 16.2. The number of alkyl carbamates (subject to hydrolysis) is 1. The monoisotopic (exact) mass is 392 g/mol. The maximum Gasteiger partial charge on any atom is 0.410 e. The summed E-state index contributed by atoms with van der Waals surface area (Å²) in [6.45, 7) is 13.4. The van der Waals surface area contributed by atoms with Crippen molar-refractivity contribution in [1.29, 1.82) is 0 Å². The van der Waals surface area contributed by atoms with Crippen LogP contribution in [0.3, 0.4) is 0 Å². The molecule has 0 bridgehead atoms. The van der Waals surface area contributed by atoms with Crippen molar-refractivity contribution >= 4 is 12.2 Å². The predicted octanol–water partition coefficient (Wildman–Crippen LogP) is 3.97. The molecule has 1 aliphatic heterocycles. The van der Waals surface area contributed by atoms with Crippen LogP contribution in [0.1, 0.15) is 52.7 Å². The van der Waals surface area contributed by atoms with E-state index in [2.05, 4.69) is 5.32 Å². The fourth-order valence-electron chi connectivity index (χ4n) is 3.12.